The molecule has 1 aromatic rings. The van der Waals surface area contributed by atoms with E-state index in [9.17, 15) is 13.2 Å². The normalized spacial score (nSPS) is 22.3. The molecule has 0 aromatic heterocycles. The molecule has 0 bridgehead atoms. The van der Waals surface area contributed by atoms with Crippen molar-refractivity contribution < 1.29 is 13.2 Å². The summed E-state index contributed by atoms with van der Waals surface area (Å²) in [5.41, 5.74) is 6.80. The van der Waals surface area contributed by atoms with Gasteiger partial charge in [0.05, 0.1) is 10.9 Å². The summed E-state index contributed by atoms with van der Waals surface area (Å²) in [7, 11) is -1.40. The lowest BCUT2D eigenvalue weighted by atomic mass is 10.0. The molecule has 3 unspecified atom stereocenters. The zero-order valence-corrected chi connectivity index (χ0v) is 15.4. The lowest BCUT2D eigenvalue weighted by Crippen LogP contribution is -2.34. The Labute approximate surface area is 144 Å². The van der Waals surface area contributed by atoms with Gasteiger partial charge in [-0.1, -0.05) is 12.1 Å². The van der Waals surface area contributed by atoms with Crippen LogP contribution >= 0.6 is 12.4 Å². The molecule has 2 N–H and O–H groups in total. The predicted molar refractivity (Wildman–Crippen MR) is 93.3 cm³/mol. The van der Waals surface area contributed by atoms with Gasteiger partial charge in [0.2, 0.25) is 5.91 Å². The minimum absolute atomic E-state index is 0. The second kappa shape index (κ2) is 7.64. The summed E-state index contributed by atoms with van der Waals surface area (Å²) in [4.78, 5) is 14.5. The molecular weight excluding hydrogens is 336 g/mol. The summed E-state index contributed by atoms with van der Waals surface area (Å²) < 4.78 is 23.0. The molecule has 0 aliphatic heterocycles. The molecule has 0 saturated heterocycles. The molecule has 3 atom stereocenters. The number of rotatable bonds is 4. The molecule has 1 amide bonds. The first-order valence-corrected chi connectivity index (χ1v) is 9.41. The largest absolute Gasteiger partial charge is 0.339 e. The third-order valence-corrected chi connectivity index (χ3v) is 5.67. The number of carbonyl (C=O) groups is 1. The Kier molecular flexibility index (Phi) is 6.62. The molecule has 0 spiro atoms. The van der Waals surface area contributed by atoms with Gasteiger partial charge in [0.15, 0.2) is 9.84 Å². The van der Waals surface area contributed by atoms with Crippen LogP contribution in [0.3, 0.4) is 0 Å². The molecule has 0 heterocycles. The van der Waals surface area contributed by atoms with Gasteiger partial charge in [0, 0.05) is 25.3 Å². The SMILES string of the molecule is CC(c1ccc(S(C)(=O)=O)cc1)N(C)C(=O)C1CCC(N)C1.Cl. The highest BCUT2D eigenvalue weighted by Crippen LogP contribution is 2.29. The minimum Gasteiger partial charge on any atom is -0.339 e. The predicted octanol–water partition coefficient (Wildman–Crippen LogP) is 2.16. The zero-order valence-electron chi connectivity index (χ0n) is 13.7. The molecule has 1 fully saturated rings. The van der Waals surface area contributed by atoms with Gasteiger partial charge in [0.1, 0.15) is 0 Å². The average Bonchev–Trinajstić information content (AvgIpc) is 2.90. The van der Waals surface area contributed by atoms with E-state index in [4.69, 9.17) is 5.73 Å². The van der Waals surface area contributed by atoms with Crippen LogP contribution in [0.25, 0.3) is 0 Å². The first-order chi connectivity index (χ1) is 10.2. The minimum atomic E-state index is -3.20. The quantitative estimate of drug-likeness (QED) is 0.892. The Bertz CT molecular complexity index is 646. The Hall–Kier alpha value is -1.11. The number of halogens is 1. The van der Waals surface area contributed by atoms with Crippen molar-refractivity contribution in [1.82, 2.24) is 4.90 Å². The first kappa shape index (κ1) is 19.9. The number of nitrogens with two attached hydrogens (primary N) is 1. The third kappa shape index (κ3) is 4.68. The molecule has 1 aliphatic carbocycles. The summed E-state index contributed by atoms with van der Waals surface area (Å²) >= 11 is 0. The summed E-state index contributed by atoms with van der Waals surface area (Å²) in [6.07, 6.45) is 3.69. The fourth-order valence-corrected chi connectivity index (χ4v) is 3.57. The number of sulfone groups is 1. The molecule has 1 saturated carbocycles. The van der Waals surface area contributed by atoms with E-state index in [1.165, 1.54) is 6.26 Å². The monoisotopic (exact) mass is 360 g/mol. The summed E-state index contributed by atoms with van der Waals surface area (Å²) in [5, 5.41) is 0. The fourth-order valence-electron chi connectivity index (χ4n) is 2.94. The Morgan fingerprint density at radius 2 is 1.83 bits per heavy atom. The lowest BCUT2D eigenvalue weighted by molar-refractivity contribution is -0.136. The Morgan fingerprint density at radius 1 is 1.26 bits per heavy atom. The van der Waals surface area contributed by atoms with Crippen molar-refractivity contribution in [2.75, 3.05) is 13.3 Å². The maximum Gasteiger partial charge on any atom is 0.225 e. The molecule has 0 radical (unpaired) electrons. The number of hydrogen-bond acceptors (Lipinski definition) is 4. The molecule has 1 aromatic carbocycles. The number of carbonyl (C=O) groups excluding carboxylic acids is 1. The van der Waals surface area contributed by atoms with E-state index < -0.39 is 9.84 Å². The van der Waals surface area contributed by atoms with E-state index in [1.54, 1.807) is 36.2 Å². The van der Waals surface area contributed by atoms with Crippen LogP contribution in [0.1, 0.15) is 37.8 Å². The number of benzene rings is 1. The van der Waals surface area contributed by atoms with Gasteiger partial charge in [-0.3, -0.25) is 4.79 Å². The van der Waals surface area contributed by atoms with Crippen molar-refractivity contribution in [3.63, 3.8) is 0 Å². The smallest absolute Gasteiger partial charge is 0.225 e. The second-order valence-electron chi connectivity index (χ2n) is 6.24. The topological polar surface area (TPSA) is 80.5 Å². The van der Waals surface area contributed by atoms with Crippen molar-refractivity contribution in [2.45, 2.75) is 43.2 Å². The highest BCUT2D eigenvalue weighted by atomic mass is 35.5. The highest BCUT2D eigenvalue weighted by molar-refractivity contribution is 7.90. The van der Waals surface area contributed by atoms with Crippen LogP contribution in [-0.2, 0) is 14.6 Å². The van der Waals surface area contributed by atoms with Crippen LogP contribution < -0.4 is 5.73 Å². The van der Waals surface area contributed by atoms with E-state index in [0.29, 0.717) is 4.90 Å². The third-order valence-electron chi connectivity index (χ3n) is 4.54. The maximum atomic E-state index is 12.5. The van der Waals surface area contributed by atoms with Crippen LogP contribution in [0.2, 0.25) is 0 Å². The van der Waals surface area contributed by atoms with Gasteiger partial charge in [-0.2, -0.15) is 0 Å². The van der Waals surface area contributed by atoms with E-state index in [0.717, 1.165) is 24.8 Å². The number of amides is 1. The van der Waals surface area contributed by atoms with Gasteiger partial charge < -0.3 is 10.6 Å². The molecule has 1 aliphatic rings. The van der Waals surface area contributed by atoms with Crippen LogP contribution in [-0.4, -0.2) is 38.6 Å². The van der Waals surface area contributed by atoms with E-state index >= 15 is 0 Å². The maximum absolute atomic E-state index is 12.5. The standard InChI is InChI=1S/C16H24N2O3S.ClH/c1-11(12-5-8-15(9-6-12)22(3,20)21)18(2)16(19)13-4-7-14(17)10-13;/h5-6,8-9,11,13-14H,4,7,10,17H2,1-3H3;1H. The molecule has 2 rings (SSSR count). The lowest BCUT2D eigenvalue weighted by Gasteiger charge is -2.28. The molecule has 7 heteroatoms. The van der Waals surface area contributed by atoms with Gasteiger partial charge >= 0.3 is 0 Å². The Balaban J connectivity index is 0.00000264. The molecule has 23 heavy (non-hydrogen) atoms. The first-order valence-electron chi connectivity index (χ1n) is 7.52. The highest BCUT2D eigenvalue weighted by Gasteiger charge is 2.31. The van der Waals surface area contributed by atoms with Crippen molar-refractivity contribution in [3.8, 4) is 0 Å². The van der Waals surface area contributed by atoms with Crippen molar-refractivity contribution >= 4 is 28.2 Å². The van der Waals surface area contributed by atoms with Crippen molar-refractivity contribution in [1.29, 1.82) is 0 Å². The summed E-state index contributed by atoms with van der Waals surface area (Å²) in [6.45, 7) is 1.95. The summed E-state index contributed by atoms with van der Waals surface area (Å²) in [6, 6.07) is 6.75. The van der Waals surface area contributed by atoms with E-state index in [2.05, 4.69) is 0 Å². The average molecular weight is 361 g/mol. The fraction of sp³-hybridized carbons (Fsp3) is 0.562. The van der Waals surface area contributed by atoms with E-state index in [-0.39, 0.29) is 36.3 Å². The van der Waals surface area contributed by atoms with E-state index in [1.807, 2.05) is 6.92 Å². The van der Waals surface area contributed by atoms with Gasteiger partial charge in [-0.05, 0) is 43.9 Å². The Morgan fingerprint density at radius 3 is 2.26 bits per heavy atom. The van der Waals surface area contributed by atoms with Crippen LogP contribution in [0.4, 0.5) is 0 Å². The zero-order chi connectivity index (χ0) is 16.5. The molecule has 5 nitrogen and oxygen atoms in total. The van der Waals surface area contributed by atoms with Crippen molar-refractivity contribution in [2.24, 2.45) is 11.7 Å². The molecular formula is C16H25ClN2O3S. The summed E-state index contributed by atoms with van der Waals surface area (Å²) in [5.74, 6) is 0.130. The van der Waals surface area contributed by atoms with Gasteiger partial charge in [0.25, 0.3) is 0 Å². The van der Waals surface area contributed by atoms with Gasteiger partial charge in [-0.25, -0.2) is 8.42 Å². The van der Waals surface area contributed by atoms with Crippen LogP contribution in [0.15, 0.2) is 29.2 Å². The second-order valence-corrected chi connectivity index (χ2v) is 8.25. The number of nitrogens with zero attached hydrogens (tertiary/aromatic N) is 1. The van der Waals surface area contributed by atoms with Crippen LogP contribution in [0, 0.1) is 5.92 Å². The van der Waals surface area contributed by atoms with Gasteiger partial charge in [-0.15, -0.1) is 12.4 Å². The van der Waals surface area contributed by atoms with Crippen molar-refractivity contribution in [3.05, 3.63) is 29.8 Å². The molecule has 130 valence electrons. The van der Waals surface area contributed by atoms with Crippen LogP contribution in [0.5, 0.6) is 0 Å². The number of hydrogen-bond donors (Lipinski definition) is 1.